The molecular weight excluding hydrogens is 294 g/mol. The first-order valence-electron chi connectivity index (χ1n) is 7.96. The molecule has 0 aromatic heterocycles. The maximum atomic E-state index is 12.2. The second-order valence-corrected chi connectivity index (χ2v) is 6.88. The number of carbonyl (C=O) groups excluding carboxylic acids is 2. The monoisotopic (exact) mass is 319 g/mol. The first-order chi connectivity index (χ1) is 10.8. The predicted molar refractivity (Wildman–Crippen MR) is 87.6 cm³/mol. The summed E-state index contributed by atoms with van der Waals surface area (Å²) in [5.41, 5.74) is 1.11. The summed E-state index contributed by atoms with van der Waals surface area (Å²) in [6.07, 6.45) is 1.64. The molecule has 2 rings (SSSR count). The van der Waals surface area contributed by atoms with Gasteiger partial charge in [0.15, 0.2) is 0 Å². The molecule has 1 fully saturated rings. The topological polar surface area (TPSA) is 55.8 Å². The molecule has 0 radical (unpaired) electrons. The van der Waals surface area contributed by atoms with E-state index in [0.717, 1.165) is 18.4 Å². The second kappa shape index (κ2) is 7.02. The maximum Gasteiger partial charge on any atom is 0.410 e. The van der Waals surface area contributed by atoms with Crippen LogP contribution in [0, 0.1) is 0 Å². The molecule has 5 nitrogen and oxygen atoms in total. The van der Waals surface area contributed by atoms with E-state index in [4.69, 9.17) is 9.47 Å². The quantitative estimate of drug-likeness (QED) is 0.782. The lowest BCUT2D eigenvalue weighted by Crippen LogP contribution is -2.42. The van der Waals surface area contributed by atoms with Crippen molar-refractivity contribution >= 4 is 12.1 Å². The zero-order valence-electron chi connectivity index (χ0n) is 14.3. The molecule has 1 aliphatic heterocycles. The van der Waals surface area contributed by atoms with Crippen molar-refractivity contribution in [3.63, 3.8) is 0 Å². The van der Waals surface area contributed by atoms with Crippen molar-refractivity contribution in [1.29, 1.82) is 0 Å². The Kier molecular flexibility index (Phi) is 5.29. The van der Waals surface area contributed by atoms with E-state index in [9.17, 15) is 9.59 Å². The van der Waals surface area contributed by atoms with Gasteiger partial charge < -0.3 is 14.4 Å². The summed E-state index contributed by atoms with van der Waals surface area (Å²) < 4.78 is 10.2. The van der Waals surface area contributed by atoms with Crippen LogP contribution in [-0.4, -0.2) is 42.8 Å². The van der Waals surface area contributed by atoms with Crippen molar-refractivity contribution in [3.05, 3.63) is 35.4 Å². The van der Waals surface area contributed by atoms with Crippen LogP contribution in [0.4, 0.5) is 4.79 Å². The Morgan fingerprint density at radius 1 is 1.26 bits per heavy atom. The van der Waals surface area contributed by atoms with E-state index < -0.39 is 5.60 Å². The van der Waals surface area contributed by atoms with Crippen molar-refractivity contribution in [2.75, 3.05) is 20.2 Å². The van der Waals surface area contributed by atoms with Crippen LogP contribution in [0.1, 0.15) is 55.5 Å². The zero-order chi connectivity index (χ0) is 17.0. The molecule has 1 aromatic rings. The summed E-state index contributed by atoms with van der Waals surface area (Å²) in [7, 11) is 1.37. The van der Waals surface area contributed by atoms with Gasteiger partial charge in [-0.05, 0) is 51.3 Å². The van der Waals surface area contributed by atoms with Gasteiger partial charge in [-0.1, -0.05) is 12.1 Å². The fourth-order valence-electron chi connectivity index (χ4n) is 2.78. The van der Waals surface area contributed by atoms with Gasteiger partial charge in [0.05, 0.1) is 12.7 Å². The standard InChI is InChI=1S/C18H25NO4/c1-18(2,3)23-17(21)19-10-6-9-15(12-19)13-7-5-8-14(11-13)16(20)22-4/h5,7-8,11,15H,6,9-10,12H2,1-4H3/t15-/m1/s1. The number of nitrogens with zero attached hydrogens (tertiary/aromatic N) is 1. The summed E-state index contributed by atoms with van der Waals surface area (Å²) in [6.45, 7) is 6.92. The third-order valence-corrected chi connectivity index (χ3v) is 3.85. The summed E-state index contributed by atoms with van der Waals surface area (Å²) in [5.74, 6) is -0.132. The summed E-state index contributed by atoms with van der Waals surface area (Å²) in [6, 6.07) is 7.45. The molecule has 126 valence electrons. The largest absolute Gasteiger partial charge is 0.465 e. The van der Waals surface area contributed by atoms with Crippen molar-refractivity contribution in [1.82, 2.24) is 4.90 Å². The summed E-state index contributed by atoms with van der Waals surface area (Å²) >= 11 is 0. The van der Waals surface area contributed by atoms with Crippen molar-refractivity contribution in [3.8, 4) is 0 Å². The molecule has 1 heterocycles. The van der Waals surface area contributed by atoms with E-state index in [2.05, 4.69) is 0 Å². The van der Waals surface area contributed by atoms with E-state index in [-0.39, 0.29) is 18.0 Å². The fourth-order valence-corrected chi connectivity index (χ4v) is 2.78. The molecule has 1 aliphatic rings. The molecule has 0 spiro atoms. The lowest BCUT2D eigenvalue weighted by molar-refractivity contribution is 0.0198. The van der Waals surface area contributed by atoms with Gasteiger partial charge in [-0.25, -0.2) is 9.59 Å². The molecule has 0 N–H and O–H groups in total. The summed E-state index contributed by atoms with van der Waals surface area (Å²) in [4.78, 5) is 25.7. The molecule has 5 heteroatoms. The highest BCUT2D eigenvalue weighted by atomic mass is 16.6. The average molecular weight is 319 g/mol. The average Bonchev–Trinajstić information content (AvgIpc) is 2.53. The molecule has 0 bridgehead atoms. The van der Waals surface area contributed by atoms with E-state index in [1.54, 1.807) is 11.0 Å². The number of hydrogen-bond donors (Lipinski definition) is 0. The number of piperidine rings is 1. The maximum absolute atomic E-state index is 12.2. The van der Waals surface area contributed by atoms with E-state index in [1.165, 1.54) is 7.11 Å². The number of benzene rings is 1. The third-order valence-electron chi connectivity index (χ3n) is 3.85. The Hall–Kier alpha value is -2.04. The summed E-state index contributed by atoms with van der Waals surface area (Å²) in [5, 5.41) is 0. The normalized spacial score (nSPS) is 18.4. The lowest BCUT2D eigenvalue weighted by atomic mass is 9.90. The Bertz CT molecular complexity index is 577. The first kappa shape index (κ1) is 17.3. The molecule has 0 saturated carbocycles. The smallest absolute Gasteiger partial charge is 0.410 e. The molecule has 0 aliphatic carbocycles. The van der Waals surface area contributed by atoms with Gasteiger partial charge in [0, 0.05) is 19.0 Å². The van der Waals surface area contributed by atoms with Gasteiger partial charge in [-0.3, -0.25) is 0 Å². The highest BCUT2D eigenvalue weighted by molar-refractivity contribution is 5.89. The SMILES string of the molecule is COC(=O)c1cccc([C@@H]2CCCN(C(=O)OC(C)(C)C)C2)c1. The minimum absolute atomic E-state index is 0.209. The minimum Gasteiger partial charge on any atom is -0.465 e. The molecular formula is C18H25NO4. The number of amides is 1. The van der Waals surface area contributed by atoms with Crippen molar-refractivity contribution in [2.24, 2.45) is 0 Å². The van der Waals surface area contributed by atoms with Crippen molar-refractivity contribution < 1.29 is 19.1 Å². The molecule has 1 saturated heterocycles. The Labute approximate surface area is 137 Å². The number of rotatable bonds is 2. The Balaban J connectivity index is 2.09. The molecule has 1 amide bonds. The second-order valence-electron chi connectivity index (χ2n) is 6.88. The third kappa shape index (κ3) is 4.71. The molecule has 23 heavy (non-hydrogen) atoms. The highest BCUT2D eigenvalue weighted by Gasteiger charge is 2.28. The van der Waals surface area contributed by atoms with Gasteiger partial charge in [-0.2, -0.15) is 0 Å². The number of likely N-dealkylation sites (tertiary alicyclic amines) is 1. The number of hydrogen-bond acceptors (Lipinski definition) is 4. The van der Waals surface area contributed by atoms with Gasteiger partial charge in [-0.15, -0.1) is 0 Å². The van der Waals surface area contributed by atoms with Crippen LogP contribution in [0.25, 0.3) is 0 Å². The molecule has 1 aromatic carbocycles. The Morgan fingerprint density at radius 2 is 2.00 bits per heavy atom. The predicted octanol–water partition coefficient (Wildman–Crippen LogP) is 3.59. The Morgan fingerprint density at radius 3 is 2.65 bits per heavy atom. The van der Waals surface area contributed by atoms with Gasteiger partial charge >= 0.3 is 12.1 Å². The van der Waals surface area contributed by atoms with Crippen molar-refractivity contribution in [2.45, 2.75) is 45.1 Å². The van der Waals surface area contributed by atoms with E-state index in [0.29, 0.717) is 18.7 Å². The lowest BCUT2D eigenvalue weighted by Gasteiger charge is -2.34. The fraction of sp³-hybridized carbons (Fsp3) is 0.556. The number of ether oxygens (including phenoxy) is 2. The molecule has 1 atom stereocenters. The van der Waals surface area contributed by atoms with Crippen LogP contribution in [0.15, 0.2) is 24.3 Å². The van der Waals surface area contributed by atoms with Crippen LogP contribution in [0.5, 0.6) is 0 Å². The zero-order valence-corrected chi connectivity index (χ0v) is 14.3. The number of esters is 1. The van der Waals surface area contributed by atoms with Crippen LogP contribution >= 0.6 is 0 Å². The van der Waals surface area contributed by atoms with Gasteiger partial charge in [0.1, 0.15) is 5.60 Å². The van der Waals surface area contributed by atoms with Gasteiger partial charge in [0.25, 0.3) is 0 Å². The van der Waals surface area contributed by atoms with Crippen LogP contribution < -0.4 is 0 Å². The van der Waals surface area contributed by atoms with E-state index in [1.807, 2.05) is 39.0 Å². The molecule has 0 unspecified atom stereocenters. The van der Waals surface area contributed by atoms with Crippen LogP contribution in [-0.2, 0) is 9.47 Å². The van der Waals surface area contributed by atoms with Crippen LogP contribution in [0.2, 0.25) is 0 Å². The van der Waals surface area contributed by atoms with E-state index >= 15 is 0 Å². The van der Waals surface area contributed by atoms with Crippen LogP contribution in [0.3, 0.4) is 0 Å². The number of methoxy groups -OCH3 is 1. The first-order valence-corrected chi connectivity index (χ1v) is 7.96. The minimum atomic E-state index is -0.491. The number of carbonyl (C=O) groups is 2. The highest BCUT2D eigenvalue weighted by Crippen LogP contribution is 2.28. The van der Waals surface area contributed by atoms with Gasteiger partial charge in [0.2, 0.25) is 0 Å².